The van der Waals surface area contributed by atoms with E-state index in [1.54, 1.807) is 0 Å². The maximum atomic E-state index is 0. The van der Waals surface area contributed by atoms with E-state index in [0.29, 0.717) is 0 Å². The largest absolute Gasteiger partial charge is 2.00 e. The second-order valence-corrected chi connectivity index (χ2v) is 0. The molecule has 0 aliphatic rings. The third-order valence-electron chi connectivity index (χ3n) is 0. The van der Waals surface area contributed by atoms with Gasteiger partial charge in [0.25, 0.3) is 0 Å². The average molecular weight is 322 g/mol. The van der Waals surface area contributed by atoms with Gasteiger partial charge >= 0.3 is 33.3 Å². The van der Waals surface area contributed by atoms with Gasteiger partial charge in [0.1, 0.15) is 0 Å². The SMILES string of the molecule is [Co+2].[Ni+2].[OH-].[OH-].[OH-].[OH-].[OH-].[OH-].[OH-].[OH-].[OH-].[V]. The van der Waals surface area contributed by atoms with Crippen molar-refractivity contribution >= 4 is 0 Å². The molecule has 0 bridgehead atoms. The van der Waals surface area contributed by atoms with E-state index in [2.05, 4.69) is 0 Å². The molecule has 0 atom stereocenters. The first-order chi connectivity index (χ1) is 0. The molecule has 0 fully saturated rings. The second-order valence-electron chi connectivity index (χ2n) is 0. The van der Waals surface area contributed by atoms with Crippen molar-refractivity contribution in [2.75, 3.05) is 0 Å². The zero-order valence-electron chi connectivity index (χ0n) is 5.12. The molecule has 0 aromatic carbocycles. The Kier molecular flexibility index (Phi) is 113000. The Bertz CT molecular complexity index is 14.5. The summed E-state index contributed by atoms with van der Waals surface area (Å²) < 4.78 is 0. The zero-order valence-corrected chi connectivity index (χ0v) is 8.55. The fourth-order valence-corrected chi connectivity index (χ4v) is 0. The van der Waals surface area contributed by atoms with Crippen LogP contribution in [-0.2, 0) is 51.8 Å². The van der Waals surface area contributed by atoms with Gasteiger partial charge in [-0.15, -0.1) is 0 Å². The van der Waals surface area contributed by atoms with Gasteiger partial charge in [-0.1, -0.05) is 0 Å². The quantitative estimate of drug-likeness (QED) is 0.463. The third-order valence-corrected chi connectivity index (χ3v) is 0. The van der Waals surface area contributed by atoms with Crippen molar-refractivity contribution in [3.05, 3.63) is 0 Å². The molecule has 9 N–H and O–H groups in total. The van der Waals surface area contributed by atoms with Gasteiger partial charge in [-0.2, -0.15) is 0 Å². The Labute approximate surface area is 101 Å². The first-order valence-corrected chi connectivity index (χ1v) is 0. The topological polar surface area (TPSA) is 270 Å². The van der Waals surface area contributed by atoms with Crippen LogP contribution in [0.3, 0.4) is 0 Å². The van der Waals surface area contributed by atoms with E-state index in [0.717, 1.165) is 0 Å². The molecule has 0 aromatic heterocycles. The molecule has 12 heteroatoms. The van der Waals surface area contributed by atoms with Crippen molar-refractivity contribution in [1.29, 1.82) is 0 Å². The van der Waals surface area contributed by atoms with Crippen LogP contribution in [-0.4, -0.2) is 49.3 Å². The summed E-state index contributed by atoms with van der Waals surface area (Å²) in [4.78, 5) is 0. The molecule has 2 radical (unpaired) electrons. The van der Waals surface area contributed by atoms with E-state index in [1.165, 1.54) is 0 Å². The summed E-state index contributed by atoms with van der Waals surface area (Å²) in [5.74, 6) is 0. The molecule has 0 amide bonds. The van der Waals surface area contributed by atoms with Crippen LogP contribution < -0.4 is 0 Å². The molecule has 0 rings (SSSR count). The third kappa shape index (κ3) is 783. The van der Waals surface area contributed by atoms with E-state index in [9.17, 15) is 0 Å². The monoisotopic (exact) mass is 321 g/mol. The van der Waals surface area contributed by atoms with Crippen molar-refractivity contribution < 1.29 is 101 Å². The Morgan fingerprint density at radius 2 is 0.333 bits per heavy atom. The molecule has 0 saturated heterocycles. The van der Waals surface area contributed by atoms with Crippen molar-refractivity contribution in [3.63, 3.8) is 0 Å². The summed E-state index contributed by atoms with van der Waals surface area (Å²) >= 11 is 0. The molecule has 0 unspecified atom stereocenters. The molecular formula is H9CoNiO9V-5. The van der Waals surface area contributed by atoms with Gasteiger partial charge in [-0.3, -0.25) is 0 Å². The molecule has 9 nitrogen and oxygen atoms in total. The van der Waals surface area contributed by atoms with Gasteiger partial charge < -0.3 is 49.3 Å². The van der Waals surface area contributed by atoms with Crippen LogP contribution in [0.1, 0.15) is 0 Å². The Morgan fingerprint density at radius 3 is 0.333 bits per heavy atom. The van der Waals surface area contributed by atoms with Crippen LogP contribution in [0.2, 0.25) is 0 Å². The molecule has 0 spiro atoms. The van der Waals surface area contributed by atoms with E-state index in [1.807, 2.05) is 0 Å². The fraction of sp³-hybridized carbons (Fsp3) is 0. The number of hydrogen-bond acceptors (Lipinski definition) is 9. The van der Waals surface area contributed by atoms with E-state index in [-0.39, 0.29) is 101 Å². The summed E-state index contributed by atoms with van der Waals surface area (Å²) in [5.41, 5.74) is 0. The van der Waals surface area contributed by atoms with Crippen molar-refractivity contribution in [2.45, 2.75) is 0 Å². The van der Waals surface area contributed by atoms with Crippen molar-refractivity contribution in [3.8, 4) is 0 Å². The molecule has 0 aliphatic carbocycles. The summed E-state index contributed by atoms with van der Waals surface area (Å²) in [7, 11) is 0. The number of hydrogen-bond donors (Lipinski definition) is 0. The van der Waals surface area contributed by atoms with Gasteiger partial charge in [-0.05, 0) is 0 Å². The Hall–Kier alpha value is 1.22. The second kappa shape index (κ2) is 1030. The van der Waals surface area contributed by atoms with Gasteiger partial charge in [0.2, 0.25) is 0 Å². The van der Waals surface area contributed by atoms with Crippen molar-refractivity contribution in [2.24, 2.45) is 0 Å². The molecule has 0 aliphatic heterocycles. The predicted octanol–water partition coefficient (Wildman–Crippen LogP) is -1.60. The van der Waals surface area contributed by atoms with Gasteiger partial charge in [-0.25, -0.2) is 0 Å². The first kappa shape index (κ1) is 1320. The molecular weight excluding hydrogens is 313 g/mol. The maximum Gasteiger partial charge on any atom is 2.00 e. The van der Waals surface area contributed by atoms with Crippen LogP contribution >= 0.6 is 0 Å². The van der Waals surface area contributed by atoms with Crippen LogP contribution in [0.15, 0.2) is 0 Å². The first-order valence-electron chi connectivity index (χ1n) is 0. The van der Waals surface area contributed by atoms with Crippen LogP contribution in [0, 0.1) is 0 Å². The normalized spacial score (nSPS) is 0. The van der Waals surface area contributed by atoms with Crippen LogP contribution in [0.25, 0.3) is 0 Å². The molecule has 92 valence electrons. The van der Waals surface area contributed by atoms with Crippen LogP contribution in [0.4, 0.5) is 0 Å². The summed E-state index contributed by atoms with van der Waals surface area (Å²) in [6.07, 6.45) is 0. The fourth-order valence-electron chi connectivity index (χ4n) is 0. The standard InChI is InChI=1S/Co.Ni.9H2O.V/h;;9*1H2;/q2*+2;;;;;;;;;;/p-9. The van der Waals surface area contributed by atoms with Gasteiger partial charge in [0.15, 0.2) is 0 Å². The molecule has 12 heavy (non-hydrogen) atoms. The smallest absolute Gasteiger partial charge is 0.870 e. The molecule has 0 saturated carbocycles. The van der Waals surface area contributed by atoms with E-state index < -0.39 is 0 Å². The summed E-state index contributed by atoms with van der Waals surface area (Å²) in [6, 6.07) is 0. The predicted molar refractivity (Wildman–Crippen MR) is 17.4 cm³/mol. The average Bonchev–Trinajstić information content (AvgIpc) is 0. The molecule has 0 heterocycles. The minimum atomic E-state index is 0. The molecule has 0 aromatic rings. The minimum absolute atomic E-state index is 0. The zero-order chi connectivity index (χ0) is 0. The Morgan fingerprint density at radius 1 is 0.333 bits per heavy atom. The number of rotatable bonds is 0. The Balaban J connectivity index is 0. The van der Waals surface area contributed by atoms with Gasteiger partial charge in [0.05, 0.1) is 0 Å². The van der Waals surface area contributed by atoms with E-state index in [4.69, 9.17) is 0 Å². The van der Waals surface area contributed by atoms with Crippen molar-refractivity contribution in [1.82, 2.24) is 0 Å². The summed E-state index contributed by atoms with van der Waals surface area (Å²) in [6.45, 7) is 0. The van der Waals surface area contributed by atoms with Crippen LogP contribution in [0.5, 0.6) is 0 Å². The van der Waals surface area contributed by atoms with Gasteiger partial charge in [0, 0.05) is 18.6 Å². The maximum absolute atomic E-state index is 0. The summed E-state index contributed by atoms with van der Waals surface area (Å²) in [5, 5.41) is 0. The minimum Gasteiger partial charge on any atom is -0.870 e. The van der Waals surface area contributed by atoms with E-state index >= 15 is 0 Å².